The molecule has 0 saturated carbocycles. The first kappa shape index (κ1) is 17.4. The lowest BCUT2D eigenvalue weighted by atomic mass is 10.0. The van der Waals surface area contributed by atoms with Gasteiger partial charge >= 0.3 is 0 Å². The Balaban J connectivity index is 1.64. The van der Waals surface area contributed by atoms with Gasteiger partial charge in [-0.2, -0.15) is 0 Å². The number of benzene rings is 3. The Morgan fingerprint density at radius 3 is 2.17 bits per heavy atom. The molecule has 3 heteroatoms. The Morgan fingerprint density at radius 1 is 0.833 bits per heavy atom. The smallest absolute Gasteiger partial charge is 0.0306 e. The fraction of sp³-hybridized carbons (Fsp3) is 0.143. The average molecular weight is 445 g/mol. The van der Waals surface area contributed by atoms with Crippen molar-refractivity contribution in [3.63, 3.8) is 0 Å². The zero-order valence-electron chi connectivity index (χ0n) is 13.5. The second-order valence-electron chi connectivity index (χ2n) is 5.83. The van der Waals surface area contributed by atoms with Crippen LogP contribution in [0.5, 0.6) is 0 Å². The minimum atomic E-state index is 0.279. The Labute approximate surface area is 160 Å². The number of rotatable bonds is 5. The molecule has 0 bridgehead atoms. The first-order valence-electron chi connectivity index (χ1n) is 7.96. The number of halogens is 2. The first-order valence-corrected chi connectivity index (χ1v) is 9.55. The van der Waals surface area contributed by atoms with Gasteiger partial charge in [-0.3, -0.25) is 0 Å². The van der Waals surface area contributed by atoms with Crippen molar-refractivity contribution in [3.05, 3.63) is 92.9 Å². The van der Waals surface area contributed by atoms with Crippen LogP contribution in [0, 0.1) is 0 Å². The predicted octanol–water partition coefficient (Wildman–Crippen LogP) is 6.73. The van der Waals surface area contributed by atoms with Crippen LogP contribution in [-0.4, -0.2) is 0 Å². The highest BCUT2D eigenvalue weighted by molar-refractivity contribution is 9.11. The van der Waals surface area contributed by atoms with E-state index in [-0.39, 0.29) is 6.04 Å². The first-order chi connectivity index (χ1) is 11.6. The third kappa shape index (κ3) is 4.35. The van der Waals surface area contributed by atoms with Crippen molar-refractivity contribution in [2.75, 3.05) is 0 Å². The van der Waals surface area contributed by atoms with E-state index in [1.54, 1.807) is 0 Å². The van der Waals surface area contributed by atoms with Crippen molar-refractivity contribution in [3.8, 4) is 11.1 Å². The van der Waals surface area contributed by atoms with Crippen LogP contribution in [0.1, 0.15) is 24.1 Å². The second-order valence-corrected chi connectivity index (χ2v) is 7.60. The zero-order valence-corrected chi connectivity index (χ0v) is 16.6. The summed E-state index contributed by atoms with van der Waals surface area (Å²) < 4.78 is 2.21. The Bertz CT molecular complexity index is 798. The van der Waals surface area contributed by atoms with E-state index >= 15 is 0 Å². The molecule has 1 unspecified atom stereocenters. The molecule has 0 saturated heterocycles. The highest BCUT2D eigenvalue weighted by atomic mass is 79.9. The monoisotopic (exact) mass is 443 g/mol. The van der Waals surface area contributed by atoms with Gasteiger partial charge < -0.3 is 5.32 Å². The fourth-order valence-corrected chi connectivity index (χ4v) is 4.07. The molecule has 0 radical (unpaired) electrons. The molecule has 0 aliphatic carbocycles. The van der Waals surface area contributed by atoms with Gasteiger partial charge in [-0.25, -0.2) is 0 Å². The van der Waals surface area contributed by atoms with Gasteiger partial charge in [0.25, 0.3) is 0 Å². The quantitative estimate of drug-likeness (QED) is 0.459. The van der Waals surface area contributed by atoms with Crippen molar-refractivity contribution < 1.29 is 0 Å². The molecule has 1 atom stereocenters. The molecule has 0 aromatic heterocycles. The van der Waals surface area contributed by atoms with E-state index in [9.17, 15) is 0 Å². The molecular weight excluding hydrogens is 426 g/mol. The van der Waals surface area contributed by atoms with Gasteiger partial charge in [0.05, 0.1) is 0 Å². The zero-order chi connectivity index (χ0) is 16.9. The van der Waals surface area contributed by atoms with Gasteiger partial charge in [0.1, 0.15) is 0 Å². The molecule has 24 heavy (non-hydrogen) atoms. The summed E-state index contributed by atoms with van der Waals surface area (Å²) in [6.07, 6.45) is 0. The molecule has 122 valence electrons. The van der Waals surface area contributed by atoms with E-state index in [0.717, 1.165) is 15.5 Å². The topological polar surface area (TPSA) is 12.0 Å². The van der Waals surface area contributed by atoms with Crippen molar-refractivity contribution >= 4 is 31.9 Å². The maximum absolute atomic E-state index is 3.64. The summed E-state index contributed by atoms with van der Waals surface area (Å²) in [5, 5.41) is 3.59. The Morgan fingerprint density at radius 2 is 1.50 bits per heavy atom. The van der Waals surface area contributed by atoms with E-state index in [4.69, 9.17) is 0 Å². The number of nitrogens with one attached hydrogen (secondary N) is 1. The SMILES string of the molecule is CC(NCc1ccc(-c2ccccc2)cc1)c1ccc(Br)cc1Br. The minimum absolute atomic E-state index is 0.279. The van der Waals surface area contributed by atoms with Gasteiger partial charge in [-0.05, 0) is 41.3 Å². The summed E-state index contributed by atoms with van der Waals surface area (Å²) in [7, 11) is 0. The Hall–Kier alpha value is -1.42. The average Bonchev–Trinajstić information content (AvgIpc) is 2.61. The van der Waals surface area contributed by atoms with Crippen molar-refractivity contribution in [2.45, 2.75) is 19.5 Å². The van der Waals surface area contributed by atoms with Gasteiger partial charge in [-0.15, -0.1) is 0 Å². The molecule has 0 aliphatic heterocycles. The van der Waals surface area contributed by atoms with Crippen molar-refractivity contribution in [1.29, 1.82) is 0 Å². The molecule has 1 N–H and O–H groups in total. The normalized spacial score (nSPS) is 12.1. The van der Waals surface area contributed by atoms with Crippen molar-refractivity contribution in [1.82, 2.24) is 5.32 Å². The molecule has 0 fully saturated rings. The number of hydrogen-bond donors (Lipinski definition) is 1. The van der Waals surface area contributed by atoms with E-state index in [1.165, 1.54) is 22.3 Å². The maximum Gasteiger partial charge on any atom is 0.0306 e. The number of hydrogen-bond acceptors (Lipinski definition) is 1. The molecule has 1 nitrogen and oxygen atoms in total. The van der Waals surface area contributed by atoms with Gasteiger partial charge in [-0.1, -0.05) is 92.5 Å². The van der Waals surface area contributed by atoms with Crippen LogP contribution in [0.2, 0.25) is 0 Å². The summed E-state index contributed by atoms with van der Waals surface area (Å²) in [6, 6.07) is 25.8. The van der Waals surface area contributed by atoms with Crippen LogP contribution in [0.3, 0.4) is 0 Å². The molecule has 3 aromatic rings. The third-order valence-electron chi connectivity index (χ3n) is 4.10. The second kappa shape index (κ2) is 8.11. The lowest BCUT2D eigenvalue weighted by molar-refractivity contribution is 0.573. The van der Waals surface area contributed by atoms with Crippen LogP contribution < -0.4 is 5.32 Å². The van der Waals surface area contributed by atoms with E-state index in [1.807, 2.05) is 6.07 Å². The van der Waals surface area contributed by atoms with Crippen LogP contribution in [0.4, 0.5) is 0 Å². The molecule has 0 heterocycles. The molecule has 3 aromatic carbocycles. The maximum atomic E-state index is 3.64. The minimum Gasteiger partial charge on any atom is -0.306 e. The van der Waals surface area contributed by atoms with Gasteiger partial charge in [0.15, 0.2) is 0 Å². The van der Waals surface area contributed by atoms with Crippen LogP contribution in [-0.2, 0) is 6.54 Å². The molecule has 3 rings (SSSR count). The molecule has 0 spiro atoms. The van der Waals surface area contributed by atoms with E-state index in [0.29, 0.717) is 0 Å². The summed E-state index contributed by atoms with van der Waals surface area (Å²) in [5.41, 5.74) is 5.06. The Kier molecular flexibility index (Phi) is 5.88. The molecule has 0 amide bonds. The molecule has 0 aliphatic rings. The summed E-state index contributed by atoms with van der Waals surface area (Å²) in [6.45, 7) is 3.03. The lowest BCUT2D eigenvalue weighted by Gasteiger charge is -2.16. The van der Waals surface area contributed by atoms with Gasteiger partial charge in [0.2, 0.25) is 0 Å². The summed E-state index contributed by atoms with van der Waals surface area (Å²) in [4.78, 5) is 0. The van der Waals surface area contributed by atoms with Crippen LogP contribution >= 0.6 is 31.9 Å². The third-order valence-corrected chi connectivity index (χ3v) is 5.28. The highest BCUT2D eigenvalue weighted by Gasteiger charge is 2.09. The predicted molar refractivity (Wildman–Crippen MR) is 109 cm³/mol. The summed E-state index contributed by atoms with van der Waals surface area (Å²) in [5.74, 6) is 0. The van der Waals surface area contributed by atoms with E-state index in [2.05, 4.69) is 111 Å². The standard InChI is InChI=1S/C21H19Br2N/c1-15(20-12-11-19(22)13-21(20)23)24-14-16-7-9-18(10-8-16)17-5-3-2-4-6-17/h2-13,15,24H,14H2,1H3. The van der Waals surface area contributed by atoms with Crippen LogP contribution in [0.25, 0.3) is 11.1 Å². The van der Waals surface area contributed by atoms with Crippen LogP contribution in [0.15, 0.2) is 81.7 Å². The van der Waals surface area contributed by atoms with E-state index < -0.39 is 0 Å². The van der Waals surface area contributed by atoms with Crippen molar-refractivity contribution in [2.24, 2.45) is 0 Å². The highest BCUT2D eigenvalue weighted by Crippen LogP contribution is 2.27. The summed E-state index contributed by atoms with van der Waals surface area (Å²) >= 11 is 7.14. The lowest BCUT2D eigenvalue weighted by Crippen LogP contribution is -2.18. The fourth-order valence-electron chi connectivity index (χ4n) is 2.68. The largest absolute Gasteiger partial charge is 0.306 e. The van der Waals surface area contributed by atoms with Gasteiger partial charge in [0, 0.05) is 21.5 Å². The molecular formula is C21H19Br2N.